The van der Waals surface area contributed by atoms with Gasteiger partial charge in [0.2, 0.25) is 5.91 Å². The van der Waals surface area contributed by atoms with Crippen LogP contribution in [0.2, 0.25) is 0 Å². The number of alkyl carbamates (subject to hydrolysis) is 1. The molecule has 0 fully saturated rings. The molecule has 8 heteroatoms. The largest absolute Gasteiger partial charge is 0.445 e. The Labute approximate surface area is 195 Å². The van der Waals surface area contributed by atoms with Crippen molar-refractivity contribution in [3.8, 4) is 0 Å². The molecule has 0 radical (unpaired) electrons. The van der Waals surface area contributed by atoms with Crippen LogP contribution in [0, 0.1) is 5.92 Å². The topological polar surface area (TPSA) is 94.5 Å². The predicted octanol–water partition coefficient (Wildman–Crippen LogP) is 3.25. The summed E-state index contributed by atoms with van der Waals surface area (Å²) < 4.78 is 12.7. The standard InChI is InChI=1S/C25H34N4O4/c1-5-12-29-15-21(26-18-29)14-22(24(30)27-23(19(3)4)17-32-13-6-2)28-25(31)33-16-20-10-8-7-9-11-20/h5-11,15,18-19,22-23H,1-2,12-14,16-17H2,3-4H3,(H,27,30)(H,28,31). The maximum atomic E-state index is 13.1. The molecule has 1 heterocycles. The zero-order valence-corrected chi connectivity index (χ0v) is 19.4. The Hall–Kier alpha value is -3.39. The average molecular weight is 455 g/mol. The number of carbonyl (C=O) groups excluding carboxylic acids is 2. The first kappa shape index (κ1) is 25.9. The highest BCUT2D eigenvalue weighted by Crippen LogP contribution is 2.07. The van der Waals surface area contributed by atoms with Crippen LogP contribution in [0.4, 0.5) is 4.79 Å². The van der Waals surface area contributed by atoms with Crippen molar-refractivity contribution in [1.29, 1.82) is 0 Å². The summed E-state index contributed by atoms with van der Waals surface area (Å²) in [6, 6.07) is 8.26. The van der Waals surface area contributed by atoms with Crippen molar-refractivity contribution in [1.82, 2.24) is 20.2 Å². The van der Waals surface area contributed by atoms with Crippen LogP contribution < -0.4 is 10.6 Å². The molecule has 2 aromatic rings. The summed E-state index contributed by atoms with van der Waals surface area (Å²) in [7, 11) is 0. The van der Waals surface area contributed by atoms with Crippen molar-refractivity contribution in [2.45, 2.75) is 45.5 Å². The molecule has 8 nitrogen and oxygen atoms in total. The maximum absolute atomic E-state index is 13.1. The van der Waals surface area contributed by atoms with Gasteiger partial charge in [0, 0.05) is 19.2 Å². The van der Waals surface area contributed by atoms with Crippen LogP contribution in [0.1, 0.15) is 25.1 Å². The van der Waals surface area contributed by atoms with Crippen molar-refractivity contribution < 1.29 is 19.1 Å². The fourth-order valence-corrected chi connectivity index (χ4v) is 3.05. The number of hydrogen-bond acceptors (Lipinski definition) is 5. The fourth-order valence-electron chi connectivity index (χ4n) is 3.05. The summed E-state index contributed by atoms with van der Waals surface area (Å²) in [6.45, 7) is 12.8. The van der Waals surface area contributed by atoms with Gasteiger partial charge in [-0.25, -0.2) is 9.78 Å². The van der Waals surface area contributed by atoms with Crippen LogP contribution in [0.15, 0.2) is 68.2 Å². The lowest BCUT2D eigenvalue weighted by Crippen LogP contribution is -2.53. The van der Waals surface area contributed by atoms with Crippen LogP contribution in [-0.2, 0) is 33.8 Å². The highest BCUT2D eigenvalue weighted by atomic mass is 16.5. The van der Waals surface area contributed by atoms with Crippen molar-refractivity contribution >= 4 is 12.0 Å². The Morgan fingerprint density at radius 3 is 2.58 bits per heavy atom. The van der Waals surface area contributed by atoms with E-state index in [1.807, 2.05) is 54.9 Å². The minimum atomic E-state index is -0.860. The second kappa shape index (κ2) is 13.9. The molecule has 33 heavy (non-hydrogen) atoms. The number of allylic oxidation sites excluding steroid dienone is 1. The van der Waals surface area contributed by atoms with Crippen molar-refractivity contribution in [3.63, 3.8) is 0 Å². The number of nitrogens with one attached hydrogen (secondary N) is 2. The van der Waals surface area contributed by atoms with E-state index in [1.165, 1.54) is 0 Å². The van der Waals surface area contributed by atoms with Crippen LogP contribution in [0.3, 0.4) is 0 Å². The first-order valence-corrected chi connectivity index (χ1v) is 11.0. The van der Waals surface area contributed by atoms with Crippen molar-refractivity contribution in [3.05, 3.63) is 79.4 Å². The van der Waals surface area contributed by atoms with Gasteiger partial charge in [0.15, 0.2) is 0 Å². The smallest absolute Gasteiger partial charge is 0.408 e. The Kier molecular flexibility index (Phi) is 10.9. The number of amides is 2. The highest BCUT2D eigenvalue weighted by Gasteiger charge is 2.26. The Morgan fingerprint density at radius 1 is 1.15 bits per heavy atom. The van der Waals surface area contributed by atoms with Gasteiger partial charge >= 0.3 is 6.09 Å². The predicted molar refractivity (Wildman–Crippen MR) is 127 cm³/mol. The summed E-state index contributed by atoms with van der Waals surface area (Å²) in [5.41, 5.74) is 1.53. The first-order chi connectivity index (χ1) is 15.9. The molecular weight excluding hydrogens is 420 g/mol. The maximum Gasteiger partial charge on any atom is 0.408 e. The Balaban J connectivity index is 2.06. The third-order valence-electron chi connectivity index (χ3n) is 4.93. The molecule has 2 amide bonds. The van der Waals surface area contributed by atoms with Crippen LogP contribution >= 0.6 is 0 Å². The number of hydrogen-bond donors (Lipinski definition) is 2. The third kappa shape index (κ3) is 9.33. The van der Waals surface area contributed by atoms with Crippen LogP contribution in [0.25, 0.3) is 0 Å². The van der Waals surface area contributed by atoms with Gasteiger partial charge in [-0.15, -0.1) is 13.2 Å². The molecule has 0 spiro atoms. The van der Waals surface area contributed by atoms with Gasteiger partial charge in [-0.2, -0.15) is 0 Å². The van der Waals surface area contributed by atoms with E-state index in [2.05, 4.69) is 28.8 Å². The molecule has 1 aromatic heterocycles. The highest BCUT2D eigenvalue weighted by molar-refractivity contribution is 5.86. The lowest BCUT2D eigenvalue weighted by atomic mass is 10.0. The molecule has 0 aliphatic heterocycles. The van der Waals surface area contributed by atoms with Gasteiger partial charge in [0.05, 0.1) is 31.3 Å². The van der Waals surface area contributed by atoms with Crippen molar-refractivity contribution in [2.24, 2.45) is 5.92 Å². The molecule has 2 rings (SSSR count). The number of aromatic nitrogens is 2. The van der Waals surface area contributed by atoms with E-state index in [1.54, 1.807) is 18.5 Å². The second-order valence-electron chi connectivity index (χ2n) is 8.00. The molecule has 178 valence electrons. The second-order valence-corrected chi connectivity index (χ2v) is 8.00. The summed E-state index contributed by atoms with van der Waals surface area (Å²) in [6.07, 6.45) is 6.45. The van der Waals surface area contributed by atoms with Gasteiger partial charge in [0.25, 0.3) is 0 Å². The number of benzene rings is 1. The van der Waals surface area contributed by atoms with E-state index in [0.717, 1.165) is 5.56 Å². The number of imidazole rings is 1. The molecule has 0 aliphatic rings. The summed E-state index contributed by atoms with van der Waals surface area (Å²) >= 11 is 0. The molecule has 0 saturated carbocycles. The van der Waals surface area contributed by atoms with Gasteiger partial charge < -0.3 is 24.7 Å². The lowest BCUT2D eigenvalue weighted by Gasteiger charge is -2.25. The lowest BCUT2D eigenvalue weighted by molar-refractivity contribution is -0.124. The van der Waals surface area contributed by atoms with E-state index in [0.29, 0.717) is 25.5 Å². The van der Waals surface area contributed by atoms with E-state index < -0.39 is 12.1 Å². The zero-order chi connectivity index (χ0) is 24.1. The van der Waals surface area contributed by atoms with Crippen LogP contribution in [0.5, 0.6) is 0 Å². The molecule has 0 bridgehead atoms. The molecule has 2 N–H and O–H groups in total. The summed E-state index contributed by atoms with van der Waals surface area (Å²) in [5.74, 6) is -0.193. The summed E-state index contributed by atoms with van der Waals surface area (Å²) in [5, 5.41) is 5.68. The minimum absolute atomic E-state index is 0.110. The van der Waals surface area contributed by atoms with E-state index in [-0.39, 0.29) is 30.9 Å². The molecule has 1 aromatic carbocycles. The van der Waals surface area contributed by atoms with Crippen molar-refractivity contribution in [2.75, 3.05) is 13.2 Å². The number of carbonyl (C=O) groups is 2. The molecule has 0 saturated heterocycles. The average Bonchev–Trinajstić information content (AvgIpc) is 3.24. The normalized spacial score (nSPS) is 12.6. The minimum Gasteiger partial charge on any atom is -0.445 e. The fraction of sp³-hybridized carbons (Fsp3) is 0.400. The van der Waals surface area contributed by atoms with Gasteiger partial charge in [-0.05, 0) is 11.5 Å². The van der Waals surface area contributed by atoms with Gasteiger partial charge in [-0.3, -0.25) is 4.79 Å². The Bertz CT molecular complexity index is 895. The monoisotopic (exact) mass is 454 g/mol. The Morgan fingerprint density at radius 2 is 1.91 bits per heavy atom. The third-order valence-corrected chi connectivity index (χ3v) is 4.93. The molecule has 2 unspecified atom stereocenters. The van der Waals surface area contributed by atoms with E-state index in [4.69, 9.17) is 9.47 Å². The summed E-state index contributed by atoms with van der Waals surface area (Å²) in [4.78, 5) is 29.9. The van der Waals surface area contributed by atoms with E-state index >= 15 is 0 Å². The number of rotatable bonds is 14. The molecular formula is C25H34N4O4. The molecule has 2 atom stereocenters. The number of ether oxygens (including phenoxy) is 2. The van der Waals surface area contributed by atoms with E-state index in [9.17, 15) is 9.59 Å². The zero-order valence-electron chi connectivity index (χ0n) is 19.4. The van der Waals surface area contributed by atoms with Crippen LogP contribution in [-0.4, -0.2) is 46.8 Å². The van der Waals surface area contributed by atoms with Gasteiger partial charge in [0.1, 0.15) is 12.6 Å². The van der Waals surface area contributed by atoms with Gasteiger partial charge in [-0.1, -0.05) is 56.3 Å². The quantitative estimate of drug-likeness (QED) is 0.338. The number of nitrogens with zero attached hydrogens (tertiary/aromatic N) is 2. The SMILES string of the molecule is C=CCOCC(NC(=O)C(Cc1cn(CC=C)cn1)NC(=O)OCc1ccccc1)C(C)C. The first-order valence-electron chi connectivity index (χ1n) is 11.0. The molecule has 0 aliphatic carbocycles.